The molecule has 0 bridgehead atoms. The van der Waals surface area contributed by atoms with E-state index < -0.39 is 23.5 Å². The molecule has 1 aliphatic carbocycles. The number of nitrogens with zero attached hydrogens (tertiary/aromatic N) is 1. The summed E-state index contributed by atoms with van der Waals surface area (Å²) in [7, 11) is 0. The molecule has 1 aromatic heterocycles. The maximum atomic E-state index is 13.1. The minimum atomic E-state index is -1.22. The first kappa shape index (κ1) is 22.6. The average Bonchev–Trinajstić information content (AvgIpc) is 3.07. The first-order valence-corrected chi connectivity index (χ1v) is 11.5. The van der Waals surface area contributed by atoms with Crippen LogP contribution in [-0.2, 0) is 4.74 Å². The predicted molar refractivity (Wildman–Crippen MR) is 125 cm³/mol. The monoisotopic (exact) mass is 445 g/mol. The van der Waals surface area contributed by atoms with E-state index >= 15 is 0 Å². The zero-order valence-corrected chi connectivity index (χ0v) is 18.7. The number of carbonyl (C=O) groups excluding carboxylic acids is 3. The number of fused-ring (bicyclic) bond motifs is 2. The Morgan fingerprint density at radius 2 is 1.67 bits per heavy atom. The quantitative estimate of drug-likeness (QED) is 0.261. The van der Waals surface area contributed by atoms with Crippen molar-refractivity contribution in [3.63, 3.8) is 0 Å². The van der Waals surface area contributed by atoms with Crippen LogP contribution in [0.4, 0.5) is 0 Å². The van der Waals surface area contributed by atoms with Gasteiger partial charge in [-0.2, -0.15) is 0 Å². The zero-order chi connectivity index (χ0) is 23.4. The minimum Gasteiger partial charge on any atom is -0.506 e. The molecule has 0 saturated carbocycles. The SMILES string of the molecule is CCCCCCCCOC(=O)c1ccc2c(c1)C(=O)C(c1nc3ccccc3cc1O)C2=O. The van der Waals surface area contributed by atoms with Crippen molar-refractivity contribution in [1.82, 2.24) is 4.98 Å². The van der Waals surface area contributed by atoms with E-state index in [1.165, 1.54) is 43.5 Å². The summed E-state index contributed by atoms with van der Waals surface area (Å²) >= 11 is 0. The Morgan fingerprint density at radius 1 is 0.939 bits per heavy atom. The van der Waals surface area contributed by atoms with Crippen molar-refractivity contribution in [3.8, 4) is 5.75 Å². The van der Waals surface area contributed by atoms with Crippen LogP contribution in [0.5, 0.6) is 5.75 Å². The summed E-state index contributed by atoms with van der Waals surface area (Å²) in [5, 5.41) is 11.2. The fourth-order valence-electron chi connectivity index (χ4n) is 4.23. The van der Waals surface area contributed by atoms with E-state index in [0.29, 0.717) is 17.5 Å². The van der Waals surface area contributed by atoms with E-state index in [2.05, 4.69) is 11.9 Å². The first-order valence-electron chi connectivity index (χ1n) is 11.5. The van der Waals surface area contributed by atoms with E-state index in [9.17, 15) is 19.5 Å². The van der Waals surface area contributed by atoms with Crippen LogP contribution in [0.15, 0.2) is 48.5 Å². The Bertz CT molecular complexity index is 1220. The van der Waals surface area contributed by atoms with Crippen LogP contribution in [0.2, 0.25) is 0 Å². The Hall–Kier alpha value is -3.54. The molecule has 0 aliphatic heterocycles. The molecule has 6 heteroatoms. The molecule has 3 aromatic rings. The third kappa shape index (κ3) is 4.65. The molecule has 0 spiro atoms. The maximum Gasteiger partial charge on any atom is 0.338 e. The lowest BCUT2D eigenvalue weighted by atomic mass is 9.97. The molecule has 170 valence electrons. The average molecular weight is 446 g/mol. The van der Waals surface area contributed by atoms with Gasteiger partial charge in [-0.15, -0.1) is 0 Å². The molecular weight excluding hydrogens is 418 g/mol. The van der Waals surface area contributed by atoms with Gasteiger partial charge < -0.3 is 9.84 Å². The van der Waals surface area contributed by atoms with Crippen LogP contribution in [0.25, 0.3) is 10.9 Å². The Kier molecular flexibility index (Phi) is 6.82. The molecule has 0 fully saturated rings. The van der Waals surface area contributed by atoms with Crippen molar-refractivity contribution < 1.29 is 24.2 Å². The molecular formula is C27H27NO5. The number of ether oxygens (including phenoxy) is 1. The number of carbonyl (C=O) groups is 3. The molecule has 0 radical (unpaired) electrons. The molecule has 0 amide bonds. The third-order valence-electron chi connectivity index (χ3n) is 6.05. The molecule has 1 atom stereocenters. The predicted octanol–water partition coefficient (Wildman–Crippen LogP) is 5.62. The number of pyridine rings is 1. The Balaban J connectivity index is 1.48. The lowest BCUT2D eigenvalue weighted by Crippen LogP contribution is -2.14. The van der Waals surface area contributed by atoms with Crippen LogP contribution in [0.1, 0.15) is 88.1 Å². The summed E-state index contributed by atoms with van der Waals surface area (Å²) in [6.45, 7) is 2.49. The second kappa shape index (κ2) is 9.94. The number of unbranched alkanes of at least 4 members (excludes halogenated alkanes) is 5. The second-order valence-corrected chi connectivity index (χ2v) is 8.41. The van der Waals surface area contributed by atoms with Crippen molar-refractivity contribution >= 4 is 28.4 Å². The van der Waals surface area contributed by atoms with Gasteiger partial charge in [-0.3, -0.25) is 9.59 Å². The number of aromatic hydroxyl groups is 1. The normalized spacial score (nSPS) is 15.1. The van der Waals surface area contributed by atoms with Gasteiger partial charge in [-0.1, -0.05) is 57.2 Å². The number of rotatable bonds is 9. The van der Waals surface area contributed by atoms with Crippen LogP contribution in [0.3, 0.4) is 0 Å². The van der Waals surface area contributed by atoms with Gasteiger partial charge in [0.2, 0.25) is 0 Å². The van der Waals surface area contributed by atoms with E-state index in [4.69, 9.17) is 4.74 Å². The summed E-state index contributed by atoms with van der Waals surface area (Å²) < 4.78 is 5.35. The summed E-state index contributed by atoms with van der Waals surface area (Å²) in [4.78, 5) is 43.0. The van der Waals surface area contributed by atoms with E-state index in [1.54, 1.807) is 18.2 Å². The van der Waals surface area contributed by atoms with Gasteiger partial charge in [0, 0.05) is 16.5 Å². The number of hydrogen-bond donors (Lipinski definition) is 1. The van der Waals surface area contributed by atoms with Crippen molar-refractivity contribution in [2.75, 3.05) is 6.61 Å². The van der Waals surface area contributed by atoms with Gasteiger partial charge >= 0.3 is 5.97 Å². The molecule has 4 rings (SSSR count). The molecule has 33 heavy (non-hydrogen) atoms. The van der Waals surface area contributed by atoms with Crippen LogP contribution >= 0.6 is 0 Å². The van der Waals surface area contributed by atoms with Gasteiger partial charge in [0.25, 0.3) is 0 Å². The smallest absolute Gasteiger partial charge is 0.338 e. The second-order valence-electron chi connectivity index (χ2n) is 8.41. The summed E-state index contributed by atoms with van der Waals surface area (Å²) in [6, 6.07) is 13.1. The van der Waals surface area contributed by atoms with Gasteiger partial charge in [0.1, 0.15) is 17.4 Å². The Labute approximate surface area is 192 Å². The number of para-hydroxylation sites is 1. The Morgan fingerprint density at radius 3 is 2.48 bits per heavy atom. The van der Waals surface area contributed by atoms with Crippen LogP contribution < -0.4 is 0 Å². The van der Waals surface area contributed by atoms with Crippen LogP contribution in [0, 0.1) is 0 Å². The van der Waals surface area contributed by atoms with Crippen molar-refractivity contribution in [2.24, 2.45) is 0 Å². The first-order chi connectivity index (χ1) is 16.0. The number of benzene rings is 2. The summed E-state index contributed by atoms with van der Waals surface area (Å²) in [5.41, 5.74) is 1.24. The van der Waals surface area contributed by atoms with Gasteiger partial charge in [0.05, 0.1) is 17.7 Å². The highest BCUT2D eigenvalue weighted by Crippen LogP contribution is 2.38. The fourth-order valence-corrected chi connectivity index (χ4v) is 4.23. The van der Waals surface area contributed by atoms with Gasteiger partial charge in [-0.05, 0) is 36.8 Å². The topological polar surface area (TPSA) is 93.6 Å². The number of aromatic nitrogens is 1. The largest absolute Gasteiger partial charge is 0.506 e. The number of ketones is 2. The number of hydrogen-bond acceptors (Lipinski definition) is 6. The maximum absolute atomic E-state index is 13.1. The fraction of sp³-hybridized carbons (Fsp3) is 0.333. The molecule has 1 N–H and O–H groups in total. The molecule has 2 aromatic carbocycles. The summed E-state index contributed by atoms with van der Waals surface area (Å²) in [6.07, 6.45) is 6.52. The molecule has 1 heterocycles. The minimum absolute atomic E-state index is 0.0344. The molecule has 1 unspecified atom stereocenters. The zero-order valence-electron chi connectivity index (χ0n) is 18.7. The van der Waals surface area contributed by atoms with E-state index in [0.717, 1.165) is 19.3 Å². The lowest BCUT2D eigenvalue weighted by Gasteiger charge is -2.10. The van der Waals surface area contributed by atoms with Gasteiger partial charge in [-0.25, -0.2) is 9.78 Å². The highest BCUT2D eigenvalue weighted by Gasteiger charge is 2.42. The van der Waals surface area contributed by atoms with Crippen molar-refractivity contribution in [3.05, 3.63) is 70.9 Å². The summed E-state index contributed by atoms with van der Waals surface area (Å²) in [5.74, 6) is -2.84. The van der Waals surface area contributed by atoms with Gasteiger partial charge in [0.15, 0.2) is 11.6 Å². The van der Waals surface area contributed by atoms with Crippen molar-refractivity contribution in [1.29, 1.82) is 0 Å². The molecule has 0 saturated heterocycles. The molecule has 1 aliphatic rings. The van der Waals surface area contributed by atoms with E-state index in [-0.39, 0.29) is 28.1 Å². The lowest BCUT2D eigenvalue weighted by molar-refractivity contribution is 0.0497. The third-order valence-corrected chi connectivity index (χ3v) is 6.05. The molecule has 6 nitrogen and oxygen atoms in total. The highest BCUT2D eigenvalue weighted by molar-refractivity contribution is 6.30. The van der Waals surface area contributed by atoms with E-state index in [1.807, 2.05) is 6.07 Å². The standard InChI is InChI=1S/C27H27NO5/c1-2-3-4-5-6-9-14-33-27(32)18-12-13-19-20(15-18)26(31)23(25(19)30)24-22(29)16-17-10-7-8-11-21(17)28-24/h7-8,10-13,15-16,23,29H,2-6,9,14H2,1H3. The van der Waals surface area contributed by atoms with Crippen molar-refractivity contribution in [2.45, 2.75) is 51.4 Å². The van der Waals surface area contributed by atoms with Crippen LogP contribution in [-0.4, -0.2) is 34.2 Å². The number of Topliss-reactive ketones (excluding diaryl/α,β-unsaturated/α-hetero) is 2. The highest BCUT2D eigenvalue weighted by atomic mass is 16.5. The number of esters is 1.